The van der Waals surface area contributed by atoms with Crippen molar-refractivity contribution in [3.8, 4) is 11.1 Å². The quantitative estimate of drug-likeness (QED) is 0.406. The van der Waals surface area contributed by atoms with Crippen LogP contribution in [0.4, 0.5) is 37.7 Å². The second kappa shape index (κ2) is 13.1. The number of carbonyl (C=O) groups is 3. The number of nitrogens with zero attached hydrogens (tertiary/aromatic N) is 2. The first kappa shape index (κ1) is 33.5. The molecule has 3 amide bonds. The van der Waals surface area contributed by atoms with Gasteiger partial charge in [0.1, 0.15) is 23.0 Å². The summed E-state index contributed by atoms with van der Waals surface area (Å²) in [6.07, 6.45) is -5.30. The van der Waals surface area contributed by atoms with Gasteiger partial charge in [0.15, 0.2) is 0 Å². The van der Waals surface area contributed by atoms with Crippen molar-refractivity contribution in [2.24, 2.45) is 11.8 Å². The number of carbonyl (C=O) groups excluding carboxylic acids is 3. The second-order valence-electron chi connectivity index (χ2n) is 12.2. The van der Waals surface area contributed by atoms with E-state index >= 15 is 13.2 Å². The maximum absolute atomic E-state index is 15.8. The van der Waals surface area contributed by atoms with E-state index in [-0.39, 0.29) is 41.2 Å². The number of likely N-dealkylation sites (N-methyl/N-ethyl adjacent to an activating group) is 1. The number of alkyl halides is 3. The summed E-state index contributed by atoms with van der Waals surface area (Å²) in [5, 5.41) is 7.29. The van der Waals surface area contributed by atoms with Crippen LogP contribution in [0.2, 0.25) is 0 Å². The Hall–Kier alpha value is -3.85. The molecule has 3 fully saturated rings. The number of ether oxygens (including phenoxy) is 1. The molecule has 250 valence electrons. The Balaban J connectivity index is 1.52. The Morgan fingerprint density at radius 2 is 1.65 bits per heavy atom. The van der Waals surface area contributed by atoms with E-state index < -0.39 is 77.8 Å². The van der Waals surface area contributed by atoms with Crippen LogP contribution in [0.15, 0.2) is 24.3 Å². The minimum atomic E-state index is -4.84. The van der Waals surface area contributed by atoms with Crippen molar-refractivity contribution in [2.75, 3.05) is 50.1 Å². The van der Waals surface area contributed by atoms with Crippen LogP contribution in [0, 0.1) is 29.3 Å². The summed E-state index contributed by atoms with van der Waals surface area (Å²) in [5.74, 6) is -10.2. The van der Waals surface area contributed by atoms with Crippen LogP contribution in [-0.2, 0) is 14.3 Å². The lowest BCUT2D eigenvalue weighted by molar-refractivity contribution is -0.197. The largest absolute Gasteiger partial charge is 0.393 e. The first-order chi connectivity index (χ1) is 21.6. The fourth-order valence-corrected chi connectivity index (χ4v) is 6.22. The predicted octanol–water partition coefficient (Wildman–Crippen LogP) is 4.07. The molecule has 3 aliphatic rings. The van der Waals surface area contributed by atoms with E-state index in [4.69, 9.17) is 4.74 Å². The molecular weight excluding hydrogens is 620 g/mol. The lowest BCUT2D eigenvalue weighted by atomic mass is 9.84. The average Bonchev–Trinajstić information content (AvgIpc) is 3.48. The van der Waals surface area contributed by atoms with Gasteiger partial charge in [0.05, 0.1) is 35.9 Å². The van der Waals surface area contributed by atoms with Gasteiger partial charge in [-0.2, -0.15) is 13.2 Å². The molecular formula is C31H35F6N5O4. The van der Waals surface area contributed by atoms with Crippen LogP contribution in [0.1, 0.15) is 37.0 Å². The Kier molecular flexibility index (Phi) is 9.55. The van der Waals surface area contributed by atoms with Crippen molar-refractivity contribution in [2.45, 2.75) is 51.0 Å². The maximum Gasteiger partial charge on any atom is 0.393 e. The molecule has 2 aromatic rings. The Morgan fingerprint density at radius 1 is 1.00 bits per heavy atom. The molecule has 0 spiro atoms. The molecule has 3 N–H and O–H groups in total. The lowest BCUT2D eigenvalue weighted by Gasteiger charge is -2.44. The topological polar surface area (TPSA) is 103 Å². The van der Waals surface area contributed by atoms with Crippen LogP contribution in [0.3, 0.4) is 0 Å². The summed E-state index contributed by atoms with van der Waals surface area (Å²) in [6, 6.07) is 3.29. The monoisotopic (exact) mass is 655 g/mol. The number of hydrogen-bond acceptors (Lipinski definition) is 6. The van der Waals surface area contributed by atoms with Gasteiger partial charge in [-0.3, -0.25) is 19.3 Å². The number of amides is 3. The third-order valence-corrected chi connectivity index (χ3v) is 9.06. The number of nitrogens with one attached hydrogen (secondary N) is 3. The third-order valence-electron chi connectivity index (χ3n) is 9.06. The Labute approximate surface area is 261 Å². The molecule has 2 unspecified atom stereocenters. The van der Waals surface area contributed by atoms with E-state index in [1.165, 1.54) is 0 Å². The SMILES string of the molecule is C[C@@H]1CN(c2cc(F)c(-c3cc(F)c(C(=O)N[C@@H]4CCOC4)c(F)c3)cc2NC(=O)C2CNC(=O)CC2C(F)(F)F)C[C@H](C)N1C. The van der Waals surface area contributed by atoms with E-state index in [1.54, 1.807) is 4.90 Å². The van der Waals surface area contributed by atoms with Gasteiger partial charge in [0, 0.05) is 50.3 Å². The zero-order chi connectivity index (χ0) is 33.5. The molecule has 3 saturated heterocycles. The summed E-state index contributed by atoms with van der Waals surface area (Å²) in [7, 11) is 1.92. The first-order valence-corrected chi connectivity index (χ1v) is 15.0. The zero-order valence-electron chi connectivity index (χ0n) is 25.4. The molecule has 3 heterocycles. The van der Waals surface area contributed by atoms with Gasteiger partial charge in [-0.1, -0.05) is 0 Å². The van der Waals surface area contributed by atoms with Crippen molar-refractivity contribution < 1.29 is 45.5 Å². The smallest absolute Gasteiger partial charge is 0.379 e. The molecule has 3 aliphatic heterocycles. The summed E-state index contributed by atoms with van der Waals surface area (Å²) in [5.41, 5.74) is -1.42. The number of benzene rings is 2. The molecule has 5 rings (SSSR count). The van der Waals surface area contributed by atoms with Crippen LogP contribution in [-0.4, -0.2) is 86.8 Å². The first-order valence-electron chi connectivity index (χ1n) is 15.0. The highest BCUT2D eigenvalue weighted by Crippen LogP contribution is 2.40. The number of hydrogen-bond donors (Lipinski definition) is 3. The highest BCUT2D eigenvalue weighted by Gasteiger charge is 2.50. The minimum Gasteiger partial charge on any atom is -0.379 e. The number of anilines is 2. The third kappa shape index (κ3) is 6.94. The van der Waals surface area contributed by atoms with Crippen molar-refractivity contribution in [1.29, 1.82) is 0 Å². The minimum absolute atomic E-state index is 0.0177. The Bertz CT molecular complexity index is 1480. The molecule has 15 heteroatoms. The van der Waals surface area contributed by atoms with E-state index in [9.17, 15) is 27.6 Å². The van der Waals surface area contributed by atoms with Crippen LogP contribution < -0.4 is 20.9 Å². The zero-order valence-corrected chi connectivity index (χ0v) is 25.4. The van der Waals surface area contributed by atoms with Gasteiger partial charge in [-0.05, 0) is 57.1 Å². The van der Waals surface area contributed by atoms with E-state index in [0.29, 0.717) is 26.1 Å². The van der Waals surface area contributed by atoms with Crippen LogP contribution >= 0.6 is 0 Å². The van der Waals surface area contributed by atoms with Crippen LogP contribution in [0.25, 0.3) is 11.1 Å². The highest BCUT2D eigenvalue weighted by molar-refractivity contribution is 5.99. The average molecular weight is 656 g/mol. The van der Waals surface area contributed by atoms with E-state index in [1.807, 2.05) is 20.9 Å². The van der Waals surface area contributed by atoms with Gasteiger partial charge in [0.25, 0.3) is 5.91 Å². The van der Waals surface area contributed by atoms with Gasteiger partial charge in [-0.25, -0.2) is 13.2 Å². The molecule has 0 aromatic heterocycles. The number of rotatable bonds is 6. The molecule has 9 nitrogen and oxygen atoms in total. The maximum atomic E-state index is 15.8. The van der Waals surface area contributed by atoms with Crippen molar-refractivity contribution in [1.82, 2.24) is 15.5 Å². The molecule has 5 atom stereocenters. The fourth-order valence-electron chi connectivity index (χ4n) is 6.22. The number of piperidine rings is 1. The highest BCUT2D eigenvalue weighted by atomic mass is 19.4. The fraction of sp³-hybridized carbons (Fsp3) is 0.516. The van der Waals surface area contributed by atoms with Crippen molar-refractivity contribution in [3.63, 3.8) is 0 Å². The molecule has 0 saturated carbocycles. The summed E-state index contributed by atoms with van der Waals surface area (Å²) < 4.78 is 92.9. The molecule has 2 aromatic carbocycles. The number of piperazine rings is 1. The molecule has 0 aliphatic carbocycles. The summed E-state index contributed by atoms with van der Waals surface area (Å²) in [4.78, 5) is 41.6. The molecule has 0 bridgehead atoms. The van der Waals surface area contributed by atoms with Gasteiger partial charge < -0.3 is 25.6 Å². The van der Waals surface area contributed by atoms with Crippen molar-refractivity contribution in [3.05, 3.63) is 47.3 Å². The second-order valence-corrected chi connectivity index (χ2v) is 12.2. The Morgan fingerprint density at radius 3 is 2.24 bits per heavy atom. The summed E-state index contributed by atoms with van der Waals surface area (Å²) >= 11 is 0. The normalized spacial score (nSPS) is 25.7. The molecule has 46 heavy (non-hydrogen) atoms. The number of halogens is 6. The van der Waals surface area contributed by atoms with Crippen LogP contribution in [0.5, 0.6) is 0 Å². The summed E-state index contributed by atoms with van der Waals surface area (Å²) in [6.45, 7) is 4.66. The van der Waals surface area contributed by atoms with E-state index in [2.05, 4.69) is 20.9 Å². The van der Waals surface area contributed by atoms with Gasteiger partial charge in [0.2, 0.25) is 11.8 Å². The molecule has 0 radical (unpaired) electrons. The van der Waals surface area contributed by atoms with E-state index in [0.717, 1.165) is 24.3 Å². The predicted molar refractivity (Wildman–Crippen MR) is 157 cm³/mol. The van der Waals surface area contributed by atoms with Gasteiger partial charge >= 0.3 is 6.18 Å². The van der Waals surface area contributed by atoms with Gasteiger partial charge in [-0.15, -0.1) is 0 Å². The standard InChI is InChI=1S/C31H35F6N5O4/c1-15-12-42(13-16(2)41(15)3)26-10-22(32)19(8-25(26)40-29(44)20-11-38-27(43)9-21(20)31(35,36)37)17-6-23(33)28(24(34)7-17)30(45)39-18-4-5-46-14-18/h6-8,10,15-16,18,20-21H,4-5,9,11-14H2,1-3H3,(H,38,43)(H,39,45)(H,40,44)/t15-,16+,18-,20?,21?/m1/s1. The lowest BCUT2D eigenvalue weighted by Crippen LogP contribution is -2.55. The van der Waals surface area contributed by atoms with Crippen molar-refractivity contribution >= 4 is 29.1 Å².